The van der Waals surface area contributed by atoms with Crippen molar-refractivity contribution in [3.63, 3.8) is 0 Å². The maximum atomic E-state index is 2.41. The Morgan fingerprint density at radius 1 is 0.545 bits per heavy atom. The summed E-state index contributed by atoms with van der Waals surface area (Å²) in [5, 5.41) is 9.63. The monoisotopic (exact) mass is 300 g/mol. The van der Waals surface area contributed by atoms with E-state index in [0.717, 1.165) is 0 Å². The molecule has 4 aromatic carbocycles. The average molecular weight is 300 g/mol. The van der Waals surface area contributed by atoms with E-state index in [1.54, 1.807) is 0 Å². The topological polar surface area (TPSA) is 0 Å². The van der Waals surface area contributed by atoms with Gasteiger partial charge in [0.1, 0.15) is 0 Å². The van der Waals surface area contributed by atoms with E-state index in [2.05, 4.69) is 86.4 Å². The maximum absolute atomic E-state index is 2.41. The van der Waals surface area contributed by atoms with Crippen molar-refractivity contribution < 1.29 is 0 Å². The van der Waals surface area contributed by atoms with Gasteiger partial charge in [0.15, 0.2) is 0 Å². The molecule has 0 bridgehead atoms. The summed E-state index contributed by atoms with van der Waals surface area (Å²) in [5.41, 5.74) is 0. The second-order valence-electron chi connectivity index (χ2n) is 7.13. The van der Waals surface area contributed by atoms with E-state index in [1.165, 1.54) is 37.5 Å². The number of fused-ring (bicyclic) bond motifs is 5. The normalized spacial score (nSPS) is 12.3. The van der Waals surface area contributed by atoms with Crippen molar-refractivity contribution in [3.05, 3.63) is 66.7 Å². The molecular weight excluding hydrogens is 280 g/mol. The van der Waals surface area contributed by atoms with Gasteiger partial charge in [-0.15, -0.1) is 0 Å². The first-order valence-corrected chi connectivity index (χ1v) is 11.4. The molecule has 0 saturated carbocycles. The Morgan fingerprint density at radius 3 is 1.86 bits per heavy atom. The lowest BCUT2D eigenvalue weighted by Gasteiger charge is -2.17. The molecule has 0 aliphatic carbocycles. The van der Waals surface area contributed by atoms with Crippen molar-refractivity contribution in [3.8, 4) is 0 Å². The third kappa shape index (κ3) is 2.05. The first-order valence-electron chi connectivity index (χ1n) is 7.89. The van der Waals surface area contributed by atoms with E-state index in [0.29, 0.717) is 0 Å². The largest absolute Gasteiger partial charge is 0.0776 e. The minimum atomic E-state index is -1.26. The minimum Gasteiger partial charge on any atom is -0.0656 e. The summed E-state index contributed by atoms with van der Waals surface area (Å²) in [7, 11) is -1.26. The molecular formula is C21H20Si. The van der Waals surface area contributed by atoms with Crippen LogP contribution in [0.3, 0.4) is 0 Å². The Labute approximate surface area is 132 Å². The molecule has 0 radical (unpaired) electrons. The zero-order valence-electron chi connectivity index (χ0n) is 13.4. The number of hydrogen-bond donors (Lipinski definition) is 0. The highest BCUT2D eigenvalue weighted by Gasteiger charge is 2.16. The van der Waals surface area contributed by atoms with Crippen LogP contribution in [0.2, 0.25) is 19.6 Å². The van der Waals surface area contributed by atoms with Gasteiger partial charge >= 0.3 is 0 Å². The third-order valence-electron chi connectivity index (χ3n) is 4.61. The van der Waals surface area contributed by atoms with Crippen LogP contribution in [0.5, 0.6) is 0 Å². The number of benzene rings is 4. The molecule has 0 aromatic heterocycles. The molecule has 1 heteroatoms. The lowest BCUT2D eigenvalue weighted by Crippen LogP contribution is -2.37. The van der Waals surface area contributed by atoms with E-state index >= 15 is 0 Å². The predicted molar refractivity (Wildman–Crippen MR) is 102 cm³/mol. The van der Waals surface area contributed by atoms with E-state index in [-0.39, 0.29) is 0 Å². The van der Waals surface area contributed by atoms with Gasteiger partial charge in [-0.25, -0.2) is 0 Å². The molecule has 0 N–H and O–H groups in total. The van der Waals surface area contributed by atoms with Gasteiger partial charge in [0.2, 0.25) is 0 Å². The van der Waals surface area contributed by atoms with Crippen LogP contribution in [-0.4, -0.2) is 8.07 Å². The van der Waals surface area contributed by atoms with Gasteiger partial charge < -0.3 is 0 Å². The third-order valence-corrected chi connectivity index (χ3v) is 6.65. The van der Waals surface area contributed by atoms with E-state index < -0.39 is 8.07 Å². The van der Waals surface area contributed by atoms with Gasteiger partial charge in [-0.05, 0) is 32.3 Å². The van der Waals surface area contributed by atoms with Gasteiger partial charge in [-0.2, -0.15) is 0 Å². The van der Waals surface area contributed by atoms with Crippen LogP contribution in [0.25, 0.3) is 32.3 Å². The van der Waals surface area contributed by atoms with Crippen LogP contribution < -0.4 is 5.19 Å². The van der Waals surface area contributed by atoms with E-state index in [9.17, 15) is 0 Å². The van der Waals surface area contributed by atoms with Crippen LogP contribution in [0.15, 0.2) is 66.7 Å². The molecule has 0 aliphatic rings. The van der Waals surface area contributed by atoms with Crippen molar-refractivity contribution in [1.29, 1.82) is 0 Å². The summed E-state index contributed by atoms with van der Waals surface area (Å²) in [6.45, 7) is 7.22. The Balaban J connectivity index is 2.09. The number of hydrogen-bond acceptors (Lipinski definition) is 0. The summed E-state index contributed by atoms with van der Waals surface area (Å²) < 4.78 is 0. The van der Waals surface area contributed by atoms with Crippen LogP contribution in [0, 0.1) is 0 Å². The first kappa shape index (κ1) is 13.5. The highest BCUT2D eigenvalue weighted by molar-refractivity contribution is 6.88. The Kier molecular flexibility index (Phi) is 2.88. The van der Waals surface area contributed by atoms with Gasteiger partial charge in [-0.1, -0.05) is 91.6 Å². The Morgan fingerprint density at radius 2 is 1.14 bits per heavy atom. The fourth-order valence-corrected chi connectivity index (χ4v) is 4.47. The van der Waals surface area contributed by atoms with E-state index in [4.69, 9.17) is 0 Å². The summed E-state index contributed by atoms with van der Waals surface area (Å²) >= 11 is 0. The highest BCUT2D eigenvalue weighted by atomic mass is 28.3. The Hall–Kier alpha value is -2.12. The molecule has 0 amide bonds. The molecule has 0 nitrogen and oxygen atoms in total. The maximum Gasteiger partial charge on any atom is 0.0776 e. The molecule has 108 valence electrons. The van der Waals surface area contributed by atoms with Crippen molar-refractivity contribution >= 4 is 45.6 Å². The van der Waals surface area contributed by atoms with Crippen LogP contribution in [0.1, 0.15) is 0 Å². The zero-order chi connectivity index (χ0) is 15.3. The summed E-state index contributed by atoms with van der Waals surface area (Å²) in [6.07, 6.45) is 0. The summed E-state index contributed by atoms with van der Waals surface area (Å²) in [5.74, 6) is 0. The lowest BCUT2D eigenvalue weighted by molar-refractivity contribution is 1.72. The van der Waals surface area contributed by atoms with Crippen LogP contribution >= 0.6 is 0 Å². The second-order valence-corrected chi connectivity index (χ2v) is 12.2. The van der Waals surface area contributed by atoms with Crippen LogP contribution in [0.4, 0.5) is 0 Å². The molecule has 4 rings (SSSR count). The molecule has 0 spiro atoms. The molecule has 0 fully saturated rings. The number of rotatable bonds is 1. The fraction of sp³-hybridized carbons (Fsp3) is 0.143. The zero-order valence-corrected chi connectivity index (χ0v) is 14.4. The SMILES string of the molecule is C[Si](C)(C)c1ccc2c(ccc3c4ccccc4ccc23)c1. The first-order chi connectivity index (χ1) is 10.5. The van der Waals surface area contributed by atoms with Gasteiger partial charge in [0, 0.05) is 0 Å². The molecule has 22 heavy (non-hydrogen) atoms. The van der Waals surface area contributed by atoms with Crippen molar-refractivity contribution in [1.82, 2.24) is 0 Å². The smallest absolute Gasteiger partial charge is 0.0656 e. The van der Waals surface area contributed by atoms with Crippen molar-refractivity contribution in [2.45, 2.75) is 19.6 Å². The molecule has 0 heterocycles. The fourth-order valence-electron chi connectivity index (χ4n) is 3.30. The molecule has 0 atom stereocenters. The Bertz CT molecular complexity index is 1010. The molecule has 0 saturated heterocycles. The van der Waals surface area contributed by atoms with Gasteiger partial charge in [0.25, 0.3) is 0 Å². The molecule has 4 aromatic rings. The summed E-state index contributed by atoms with van der Waals surface area (Å²) in [6, 6.07) is 24.8. The van der Waals surface area contributed by atoms with Crippen LogP contribution in [-0.2, 0) is 0 Å². The average Bonchev–Trinajstić information content (AvgIpc) is 2.52. The van der Waals surface area contributed by atoms with Gasteiger partial charge in [-0.3, -0.25) is 0 Å². The molecule has 0 unspecified atom stereocenters. The predicted octanol–water partition coefficient (Wildman–Crippen LogP) is 5.69. The highest BCUT2D eigenvalue weighted by Crippen LogP contribution is 2.31. The standard InChI is InChI=1S/C21H20Si/c1-22(2,3)17-10-13-19-16(14-17)9-12-20-18-7-5-4-6-15(18)8-11-21(19)20/h4-14H,1-3H3. The minimum absolute atomic E-state index is 1.26. The quantitative estimate of drug-likeness (QED) is 0.313. The van der Waals surface area contributed by atoms with Crippen molar-refractivity contribution in [2.24, 2.45) is 0 Å². The summed E-state index contributed by atoms with van der Waals surface area (Å²) in [4.78, 5) is 0. The molecule has 0 aliphatic heterocycles. The van der Waals surface area contributed by atoms with Crippen molar-refractivity contribution in [2.75, 3.05) is 0 Å². The van der Waals surface area contributed by atoms with Gasteiger partial charge in [0.05, 0.1) is 8.07 Å². The second kappa shape index (κ2) is 4.69. The van der Waals surface area contributed by atoms with E-state index in [1.807, 2.05) is 0 Å². The lowest BCUT2D eigenvalue weighted by atomic mass is 9.97.